The SMILES string of the molecule is CC(=O)Oc1c(C)c(C)c2c(c1C)CCC(C)(C(=O)Nc1ccc(Cc3sc(=O)[nH]c3O)cc1)O2. The lowest BCUT2D eigenvalue weighted by Gasteiger charge is -2.36. The number of benzene rings is 2. The van der Waals surface area contributed by atoms with Crippen molar-refractivity contribution in [2.45, 2.75) is 59.5 Å². The Hall–Kier alpha value is -3.59. The summed E-state index contributed by atoms with van der Waals surface area (Å²) in [7, 11) is 0. The van der Waals surface area contributed by atoms with Gasteiger partial charge in [0.25, 0.3) is 5.91 Å². The first-order valence-electron chi connectivity index (χ1n) is 11.3. The van der Waals surface area contributed by atoms with Gasteiger partial charge < -0.3 is 19.9 Å². The van der Waals surface area contributed by atoms with E-state index in [1.54, 1.807) is 19.1 Å². The number of H-pyrrole nitrogens is 1. The molecule has 184 valence electrons. The van der Waals surface area contributed by atoms with Crippen molar-refractivity contribution in [3.05, 3.63) is 66.6 Å². The standard InChI is InChI=1S/C26H28N2O6S/c1-13-14(2)22-19(15(3)21(13)33-16(4)29)10-11-26(5,34-22)24(31)27-18-8-6-17(7-9-18)12-20-23(30)28-25(32)35-20/h6-9,30H,10-12H2,1-5H3,(H,27,31)(H,28,32). The molecule has 4 rings (SSSR count). The number of hydrogen-bond acceptors (Lipinski definition) is 7. The Bertz CT molecular complexity index is 1370. The second kappa shape index (κ2) is 9.22. The van der Waals surface area contributed by atoms with E-state index in [0.717, 1.165) is 39.2 Å². The topological polar surface area (TPSA) is 118 Å². The van der Waals surface area contributed by atoms with Gasteiger partial charge in [-0.2, -0.15) is 0 Å². The first kappa shape index (κ1) is 24.5. The van der Waals surface area contributed by atoms with Crippen molar-refractivity contribution in [1.82, 2.24) is 4.98 Å². The van der Waals surface area contributed by atoms with Crippen molar-refractivity contribution in [3.8, 4) is 17.4 Å². The molecule has 0 saturated carbocycles. The quantitative estimate of drug-likeness (QED) is 0.358. The fraction of sp³-hybridized carbons (Fsp3) is 0.346. The van der Waals surface area contributed by atoms with Gasteiger partial charge >= 0.3 is 10.8 Å². The molecule has 0 radical (unpaired) electrons. The molecule has 0 aliphatic carbocycles. The largest absolute Gasteiger partial charge is 0.494 e. The number of carbonyl (C=O) groups is 2. The lowest BCUT2D eigenvalue weighted by Crippen LogP contribution is -2.48. The van der Waals surface area contributed by atoms with Gasteiger partial charge in [-0.25, -0.2) is 0 Å². The molecule has 2 aromatic carbocycles. The summed E-state index contributed by atoms with van der Waals surface area (Å²) in [6, 6.07) is 7.24. The number of aromatic hydroxyl groups is 1. The van der Waals surface area contributed by atoms with Gasteiger partial charge in [0.15, 0.2) is 5.60 Å². The van der Waals surface area contributed by atoms with Crippen molar-refractivity contribution >= 4 is 28.9 Å². The van der Waals surface area contributed by atoms with Crippen LogP contribution in [0.1, 0.15) is 53.0 Å². The number of rotatable bonds is 5. The number of nitrogens with one attached hydrogen (secondary N) is 2. The molecule has 1 aliphatic rings. The molecule has 0 spiro atoms. The zero-order valence-electron chi connectivity index (χ0n) is 20.3. The number of amides is 1. The molecule has 0 bridgehead atoms. The van der Waals surface area contributed by atoms with Crippen LogP contribution >= 0.6 is 11.3 Å². The number of fused-ring (bicyclic) bond motifs is 1. The maximum atomic E-state index is 13.2. The number of aromatic nitrogens is 1. The van der Waals surface area contributed by atoms with Crippen molar-refractivity contribution in [2.24, 2.45) is 0 Å². The Kier molecular flexibility index (Phi) is 6.46. The van der Waals surface area contributed by atoms with Crippen LogP contribution in [-0.4, -0.2) is 27.6 Å². The Morgan fingerprint density at radius 2 is 1.86 bits per heavy atom. The predicted molar refractivity (Wildman–Crippen MR) is 134 cm³/mol. The van der Waals surface area contributed by atoms with Gasteiger partial charge in [-0.15, -0.1) is 0 Å². The molecule has 2 heterocycles. The highest BCUT2D eigenvalue weighted by Gasteiger charge is 2.41. The molecule has 3 N–H and O–H groups in total. The molecule has 1 atom stereocenters. The van der Waals surface area contributed by atoms with Gasteiger partial charge in [-0.3, -0.25) is 19.4 Å². The molecule has 1 unspecified atom stereocenters. The molecule has 35 heavy (non-hydrogen) atoms. The van der Waals surface area contributed by atoms with Crippen LogP contribution in [0.2, 0.25) is 0 Å². The monoisotopic (exact) mass is 496 g/mol. The van der Waals surface area contributed by atoms with Crippen LogP contribution in [0.5, 0.6) is 17.4 Å². The molecule has 1 amide bonds. The van der Waals surface area contributed by atoms with E-state index < -0.39 is 5.60 Å². The maximum absolute atomic E-state index is 13.2. The normalized spacial score (nSPS) is 16.8. The third-order valence-corrected chi connectivity index (χ3v) is 7.37. The van der Waals surface area contributed by atoms with E-state index in [4.69, 9.17) is 9.47 Å². The van der Waals surface area contributed by atoms with Gasteiger partial charge in [-0.05, 0) is 68.5 Å². The highest BCUT2D eigenvalue weighted by Crippen LogP contribution is 2.44. The molecule has 8 nitrogen and oxygen atoms in total. The fourth-order valence-electron chi connectivity index (χ4n) is 4.32. The molecule has 3 aromatic rings. The Morgan fingerprint density at radius 3 is 2.46 bits per heavy atom. The predicted octanol–water partition coefficient (Wildman–Crippen LogP) is 4.31. The Morgan fingerprint density at radius 1 is 1.17 bits per heavy atom. The number of carbonyl (C=O) groups excluding carboxylic acids is 2. The number of anilines is 1. The van der Waals surface area contributed by atoms with Gasteiger partial charge in [0, 0.05) is 31.0 Å². The van der Waals surface area contributed by atoms with Gasteiger partial charge in [0.2, 0.25) is 5.88 Å². The first-order chi connectivity index (χ1) is 16.5. The number of aromatic amines is 1. The number of ether oxygens (including phenoxy) is 2. The zero-order chi connectivity index (χ0) is 25.5. The lowest BCUT2D eigenvalue weighted by molar-refractivity contribution is -0.132. The van der Waals surface area contributed by atoms with E-state index in [1.165, 1.54) is 6.92 Å². The zero-order valence-corrected chi connectivity index (χ0v) is 21.1. The van der Waals surface area contributed by atoms with Gasteiger partial charge in [0.1, 0.15) is 11.5 Å². The summed E-state index contributed by atoms with van der Waals surface area (Å²) in [5.41, 5.74) is 3.92. The van der Waals surface area contributed by atoms with E-state index in [9.17, 15) is 19.5 Å². The highest BCUT2D eigenvalue weighted by atomic mass is 32.1. The first-order valence-corrected chi connectivity index (χ1v) is 12.1. The summed E-state index contributed by atoms with van der Waals surface area (Å²) >= 11 is 0.971. The minimum atomic E-state index is -1.07. The second-order valence-electron chi connectivity index (χ2n) is 9.05. The minimum absolute atomic E-state index is 0.110. The smallest absolute Gasteiger partial charge is 0.308 e. The van der Waals surface area contributed by atoms with Gasteiger partial charge in [0.05, 0.1) is 4.88 Å². The molecule has 0 fully saturated rings. The average Bonchev–Trinajstić information content (AvgIpc) is 3.12. The summed E-state index contributed by atoms with van der Waals surface area (Å²) in [6.07, 6.45) is 1.50. The van der Waals surface area contributed by atoms with Crippen molar-refractivity contribution in [2.75, 3.05) is 5.32 Å². The van der Waals surface area contributed by atoms with Crippen LogP contribution in [0.3, 0.4) is 0 Å². The fourth-order valence-corrected chi connectivity index (χ4v) is 5.08. The Labute approximate surface area is 206 Å². The summed E-state index contributed by atoms with van der Waals surface area (Å²) in [5, 5.41) is 12.7. The minimum Gasteiger partial charge on any atom is -0.494 e. The molecule has 0 saturated heterocycles. The molecule has 1 aliphatic heterocycles. The third kappa shape index (κ3) is 4.81. The van der Waals surface area contributed by atoms with Crippen LogP contribution in [-0.2, 0) is 22.4 Å². The van der Waals surface area contributed by atoms with Crippen molar-refractivity contribution in [1.29, 1.82) is 0 Å². The Balaban J connectivity index is 1.51. The molecular formula is C26H28N2O6S. The molecular weight excluding hydrogens is 468 g/mol. The van der Waals surface area contributed by atoms with E-state index in [-0.39, 0.29) is 22.6 Å². The van der Waals surface area contributed by atoms with Crippen molar-refractivity contribution < 1.29 is 24.2 Å². The number of thiazole rings is 1. The third-order valence-electron chi connectivity index (χ3n) is 6.49. The van der Waals surface area contributed by atoms with Crippen LogP contribution < -0.4 is 19.7 Å². The maximum Gasteiger partial charge on any atom is 0.308 e. The average molecular weight is 497 g/mol. The van der Waals surface area contributed by atoms with E-state index >= 15 is 0 Å². The summed E-state index contributed by atoms with van der Waals surface area (Å²) in [4.78, 5) is 38.8. The van der Waals surface area contributed by atoms with E-state index in [0.29, 0.717) is 41.3 Å². The second-order valence-corrected chi connectivity index (χ2v) is 10.1. The van der Waals surface area contributed by atoms with Crippen molar-refractivity contribution in [3.63, 3.8) is 0 Å². The van der Waals surface area contributed by atoms with Crippen LogP contribution in [0, 0.1) is 20.8 Å². The molecule has 9 heteroatoms. The van der Waals surface area contributed by atoms with Crippen LogP contribution in [0.4, 0.5) is 5.69 Å². The lowest BCUT2D eigenvalue weighted by atomic mass is 9.86. The summed E-state index contributed by atoms with van der Waals surface area (Å²) in [6.45, 7) is 8.85. The van der Waals surface area contributed by atoms with E-state index in [1.807, 2.05) is 32.9 Å². The van der Waals surface area contributed by atoms with Gasteiger partial charge in [-0.1, -0.05) is 23.5 Å². The molecule has 1 aromatic heterocycles. The number of hydrogen-bond donors (Lipinski definition) is 3. The van der Waals surface area contributed by atoms with Crippen LogP contribution in [0.15, 0.2) is 29.1 Å². The number of esters is 1. The summed E-state index contributed by atoms with van der Waals surface area (Å²) < 4.78 is 11.8. The van der Waals surface area contributed by atoms with E-state index in [2.05, 4.69) is 10.3 Å². The van der Waals surface area contributed by atoms with Crippen LogP contribution in [0.25, 0.3) is 0 Å². The summed E-state index contributed by atoms with van der Waals surface area (Å²) in [5.74, 6) is 0.492. The highest BCUT2D eigenvalue weighted by molar-refractivity contribution is 7.09.